The number of rotatable bonds is 6. The van der Waals surface area contributed by atoms with Crippen LogP contribution in [-0.4, -0.2) is 42.3 Å². The summed E-state index contributed by atoms with van der Waals surface area (Å²) in [7, 11) is 0. The molecule has 0 amide bonds. The quantitative estimate of drug-likeness (QED) is 0.668. The monoisotopic (exact) mass is 241 g/mol. The summed E-state index contributed by atoms with van der Waals surface area (Å²) >= 11 is 0. The number of halogens is 3. The normalized spacial score (nSPS) is 18.0. The van der Waals surface area contributed by atoms with Crippen LogP contribution in [0.3, 0.4) is 0 Å². The zero-order valence-corrected chi connectivity index (χ0v) is 9.97. The second-order valence-corrected chi connectivity index (χ2v) is 3.72. The highest BCUT2D eigenvalue weighted by atomic mass is 19.4. The average Bonchev–Trinajstić information content (AvgIpc) is 2.18. The first kappa shape index (κ1) is 15.2. The zero-order valence-electron chi connectivity index (χ0n) is 9.97. The predicted octanol–water partition coefficient (Wildman–Crippen LogP) is 2.21. The Hall–Kier alpha value is -0.780. The van der Waals surface area contributed by atoms with Crippen molar-refractivity contribution in [1.82, 2.24) is 4.90 Å². The van der Waals surface area contributed by atoms with Gasteiger partial charge in [-0.15, -0.1) is 0 Å². The van der Waals surface area contributed by atoms with Gasteiger partial charge in [0.25, 0.3) is 6.47 Å². The van der Waals surface area contributed by atoms with Crippen molar-refractivity contribution in [3.63, 3.8) is 0 Å². The van der Waals surface area contributed by atoms with Crippen LogP contribution < -0.4 is 0 Å². The van der Waals surface area contributed by atoms with E-state index < -0.39 is 17.8 Å². The molecule has 2 atom stereocenters. The van der Waals surface area contributed by atoms with E-state index in [9.17, 15) is 18.0 Å². The fourth-order valence-corrected chi connectivity index (χ4v) is 1.62. The van der Waals surface area contributed by atoms with Gasteiger partial charge in [0.15, 0.2) is 0 Å². The Bertz CT molecular complexity index is 229. The van der Waals surface area contributed by atoms with Crippen molar-refractivity contribution >= 4 is 6.47 Å². The van der Waals surface area contributed by atoms with E-state index in [1.54, 1.807) is 18.7 Å². The van der Waals surface area contributed by atoms with Crippen LogP contribution in [0.25, 0.3) is 0 Å². The van der Waals surface area contributed by atoms with Gasteiger partial charge in [0.2, 0.25) is 5.60 Å². The Kier molecular flexibility index (Phi) is 5.25. The molecule has 0 N–H and O–H groups in total. The van der Waals surface area contributed by atoms with Crippen molar-refractivity contribution in [2.75, 3.05) is 13.1 Å². The van der Waals surface area contributed by atoms with Crippen molar-refractivity contribution in [1.29, 1.82) is 0 Å². The highest BCUT2D eigenvalue weighted by Gasteiger charge is 2.58. The molecule has 0 rings (SSSR count). The molecule has 6 heteroatoms. The predicted molar refractivity (Wildman–Crippen MR) is 54.0 cm³/mol. The average molecular weight is 241 g/mol. The first-order valence-corrected chi connectivity index (χ1v) is 5.16. The molecule has 0 heterocycles. The van der Waals surface area contributed by atoms with Crippen LogP contribution in [0.5, 0.6) is 0 Å². The lowest BCUT2D eigenvalue weighted by molar-refractivity contribution is -0.275. The van der Waals surface area contributed by atoms with E-state index in [1.165, 1.54) is 6.92 Å². The van der Waals surface area contributed by atoms with E-state index in [-0.39, 0.29) is 6.47 Å². The summed E-state index contributed by atoms with van der Waals surface area (Å²) in [5, 5.41) is 0. The lowest BCUT2D eigenvalue weighted by Crippen LogP contribution is -2.59. The molecule has 0 aromatic heterocycles. The number of hydrogen-bond donors (Lipinski definition) is 0. The lowest BCUT2D eigenvalue weighted by Gasteiger charge is -2.40. The molecule has 0 saturated carbocycles. The van der Waals surface area contributed by atoms with Gasteiger partial charge in [0.05, 0.1) is 6.04 Å². The molecule has 0 aromatic carbocycles. The van der Waals surface area contributed by atoms with Gasteiger partial charge < -0.3 is 4.74 Å². The summed E-state index contributed by atoms with van der Waals surface area (Å²) in [4.78, 5) is 11.8. The molecule has 0 aliphatic heterocycles. The third kappa shape index (κ3) is 2.87. The second-order valence-electron chi connectivity index (χ2n) is 3.72. The molecule has 0 bridgehead atoms. The van der Waals surface area contributed by atoms with Crippen molar-refractivity contribution < 1.29 is 22.7 Å². The van der Waals surface area contributed by atoms with Gasteiger partial charge in [0, 0.05) is 0 Å². The topological polar surface area (TPSA) is 29.5 Å². The second kappa shape index (κ2) is 5.52. The summed E-state index contributed by atoms with van der Waals surface area (Å²) < 4.78 is 42.9. The van der Waals surface area contributed by atoms with E-state index in [4.69, 9.17) is 0 Å². The molecule has 0 spiro atoms. The SMILES string of the molecule is CCN(CC)C(C)C(C)(OC=O)C(F)(F)F. The minimum absolute atomic E-state index is 0.145. The largest absolute Gasteiger partial charge is 0.450 e. The van der Waals surface area contributed by atoms with Gasteiger partial charge in [-0.2, -0.15) is 13.2 Å². The Labute approximate surface area is 93.6 Å². The molecular weight excluding hydrogens is 223 g/mol. The first-order valence-electron chi connectivity index (χ1n) is 5.16. The van der Waals surface area contributed by atoms with Crippen LogP contribution in [0.1, 0.15) is 27.7 Å². The minimum atomic E-state index is -4.59. The van der Waals surface area contributed by atoms with Gasteiger partial charge in [0.1, 0.15) is 0 Å². The molecule has 2 unspecified atom stereocenters. The Morgan fingerprint density at radius 2 is 1.75 bits per heavy atom. The molecule has 0 radical (unpaired) electrons. The van der Waals surface area contributed by atoms with Crippen LogP contribution in [0, 0.1) is 0 Å². The van der Waals surface area contributed by atoms with Crippen molar-refractivity contribution in [3.8, 4) is 0 Å². The number of likely N-dealkylation sites (N-methyl/N-ethyl adjacent to an activating group) is 1. The van der Waals surface area contributed by atoms with E-state index >= 15 is 0 Å². The Balaban J connectivity index is 5.11. The van der Waals surface area contributed by atoms with Crippen molar-refractivity contribution in [3.05, 3.63) is 0 Å². The van der Waals surface area contributed by atoms with Crippen LogP contribution in [0.15, 0.2) is 0 Å². The fraction of sp³-hybridized carbons (Fsp3) is 0.900. The molecule has 3 nitrogen and oxygen atoms in total. The molecule has 0 aliphatic carbocycles. The first-order chi connectivity index (χ1) is 7.24. The molecular formula is C10H18F3NO2. The smallest absolute Gasteiger partial charge is 0.429 e. The minimum Gasteiger partial charge on any atom is -0.450 e. The molecule has 0 saturated heterocycles. The number of carbonyl (C=O) groups is 1. The van der Waals surface area contributed by atoms with Gasteiger partial charge >= 0.3 is 6.18 Å². The third-order valence-electron chi connectivity index (χ3n) is 3.01. The highest BCUT2D eigenvalue weighted by molar-refractivity contribution is 5.39. The van der Waals surface area contributed by atoms with Gasteiger partial charge in [-0.3, -0.25) is 9.69 Å². The Morgan fingerprint density at radius 1 is 1.31 bits per heavy atom. The maximum atomic E-state index is 12.9. The molecule has 16 heavy (non-hydrogen) atoms. The maximum absolute atomic E-state index is 12.9. The number of carbonyl (C=O) groups excluding carboxylic acids is 1. The third-order valence-corrected chi connectivity index (χ3v) is 3.01. The maximum Gasteiger partial charge on any atom is 0.429 e. The number of hydrogen-bond acceptors (Lipinski definition) is 3. The van der Waals surface area contributed by atoms with Crippen LogP contribution >= 0.6 is 0 Å². The molecule has 96 valence electrons. The Morgan fingerprint density at radius 3 is 2.00 bits per heavy atom. The fourth-order valence-electron chi connectivity index (χ4n) is 1.62. The number of ether oxygens (including phenoxy) is 1. The van der Waals surface area contributed by atoms with Crippen molar-refractivity contribution in [2.24, 2.45) is 0 Å². The van der Waals surface area contributed by atoms with E-state index in [2.05, 4.69) is 4.74 Å². The molecule has 0 aromatic rings. The van der Waals surface area contributed by atoms with Gasteiger partial charge in [-0.05, 0) is 26.9 Å². The number of nitrogens with zero attached hydrogens (tertiary/aromatic N) is 1. The summed E-state index contributed by atoms with van der Waals surface area (Å²) in [6, 6.07) is -0.923. The summed E-state index contributed by atoms with van der Waals surface area (Å²) in [5.41, 5.74) is -2.47. The highest BCUT2D eigenvalue weighted by Crippen LogP contribution is 2.37. The molecule has 0 aliphatic rings. The standard InChI is InChI=1S/C10H18F3NO2/c1-5-14(6-2)8(3)9(4,16-7-15)10(11,12)13/h7-8H,5-6H2,1-4H3. The summed E-state index contributed by atoms with van der Waals surface area (Å²) in [5.74, 6) is 0. The van der Waals surface area contributed by atoms with Crippen LogP contribution in [0.4, 0.5) is 13.2 Å². The van der Waals surface area contributed by atoms with E-state index in [1.807, 2.05) is 0 Å². The molecule has 0 fully saturated rings. The van der Waals surface area contributed by atoms with Gasteiger partial charge in [-0.25, -0.2) is 0 Å². The lowest BCUT2D eigenvalue weighted by atomic mass is 9.95. The van der Waals surface area contributed by atoms with Crippen LogP contribution in [-0.2, 0) is 9.53 Å². The van der Waals surface area contributed by atoms with Crippen molar-refractivity contribution in [2.45, 2.75) is 45.5 Å². The number of alkyl halides is 3. The van der Waals surface area contributed by atoms with E-state index in [0.29, 0.717) is 13.1 Å². The summed E-state index contributed by atoms with van der Waals surface area (Å²) in [6.45, 7) is 6.61. The van der Waals surface area contributed by atoms with Gasteiger partial charge in [-0.1, -0.05) is 13.8 Å². The zero-order chi connectivity index (χ0) is 13.0. The van der Waals surface area contributed by atoms with E-state index in [0.717, 1.165) is 6.92 Å². The summed E-state index contributed by atoms with van der Waals surface area (Å²) in [6.07, 6.45) is -4.59. The van der Waals surface area contributed by atoms with Crippen LogP contribution in [0.2, 0.25) is 0 Å².